The number of unbranched alkanes of at least 4 members (excludes halogenated alkanes) is 3. The molecule has 0 spiro atoms. The van der Waals surface area contributed by atoms with E-state index in [1.54, 1.807) is 6.08 Å². The predicted octanol–water partition coefficient (Wildman–Crippen LogP) is 5.42. The van der Waals surface area contributed by atoms with Crippen LogP contribution in [0.15, 0.2) is 22.6 Å². The largest absolute Gasteiger partial charge is 0.469 e. The average molecular weight is 447 g/mol. The van der Waals surface area contributed by atoms with E-state index in [1.165, 1.54) is 7.11 Å². The molecular formula is C26H38O6. The van der Waals surface area contributed by atoms with Crippen LogP contribution in [0.2, 0.25) is 0 Å². The number of hydrogen-bond donors (Lipinski definition) is 0. The molecule has 0 N–H and O–H groups in total. The van der Waals surface area contributed by atoms with Gasteiger partial charge in [0.05, 0.1) is 13.2 Å². The molecule has 6 nitrogen and oxygen atoms in total. The van der Waals surface area contributed by atoms with Crippen molar-refractivity contribution in [1.29, 1.82) is 0 Å². The normalized spacial score (nSPS) is 22.9. The number of methoxy groups -OCH3 is 1. The quantitative estimate of drug-likeness (QED) is 0.229. The minimum absolute atomic E-state index is 0.00165. The van der Waals surface area contributed by atoms with E-state index in [4.69, 9.17) is 18.6 Å². The van der Waals surface area contributed by atoms with E-state index in [0.29, 0.717) is 19.3 Å². The topological polar surface area (TPSA) is 75.0 Å². The van der Waals surface area contributed by atoms with Crippen LogP contribution in [0, 0.1) is 0 Å². The van der Waals surface area contributed by atoms with Gasteiger partial charge in [-0.2, -0.15) is 0 Å². The van der Waals surface area contributed by atoms with Crippen LogP contribution in [0.3, 0.4) is 0 Å². The van der Waals surface area contributed by atoms with E-state index in [1.807, 2.05) is 6.08 Å². The molecule has 3 rings (SSSR count). The summed E-state index contributed by atoms with van der Waals surface area (Å²) in [5, 5.41) is 0. The number of carbonyl (C=O) groups is 2. The smallest absolute Gasteiger partial charge is 0.305 e. The summed E-state index contributed by atoms with van der Waals surface area (Å²) in [7, 11) is 1.42. The molecule has 0 bridgehead atoms. The van der Waals surface area contributed by atoms with Crippen molar-refractivity contribution in [2.24, 2.45) is 0 Å². The Morgan fingerprint density at radius 3 is 2.75 bits per heavy atom. The second kappa shape index (κ2) is 12.9. The number of carbonyl (C=O) groups excluding carboxylic acids is 2. The molecule has 0 saturated carbocycles. The number of esters is 1. The Morgan fingerprint density at radius 1 is 1.16 bits per heavy atom. The lowest BCUT2D eigenvalue weighted by Gasteiger charge is -2.28. The summed E-state index contributed by atoms with van der Waals surface area (Å²) in [5.74, 6) is 1.87. The lowest BCUT2D eigenvalue weighted by Crippen LogP contribution is -2.30. The number of aryl methyl sites for hydroxylation is 1. The summed E-state index contributed by atoms with van der Waals surface area (Å²) >= 11 is 0. The fraction of sp³-hybridized carbons (Fsp3) is 0.692. The van der Waals surface area contributed by atoms with Crippen molar-refractivity contribution in [2.75, 3.05) is 13.7 Å². The van der Waals surface area contributed by atoms with Crippen molar-refractivity contribution >= 4 is 11.8 Å². The average Bonchev–Trinajstić information content (AvgIpc) is 3.33. The molecule has 1 fully saturated rings. The second-order valence-electron chi connectivity index (χ2n) is 8.86. The second-order valence-corrected chi connectivity index (χ2v) is 8.86. The number of rotatable bonds is 13. The highest BCUT2D eigenvalue weighted by Gasteiger charge is 2.37. The van der Waals surface area contributed by atoms with Crippen molar-refractivity contribution in [2.45, 2.75) is 102 Å². The van der Waals surface area contributed by atoms with Gasteiger partial charge in [0.15, 0.2) is 12.1 Å². The third-order valence-electron chi connectivity index (χ3n) is 6.30. The minimum Gasteiger partial charge on any atom is -0.469 e. The van der Waals surface area contributed by atoms with Crippen LogP contribution >= 0.6 is 0 Å². The number of hydrogen-bond acceptors (Lipinski definition) is 6. The maximum absolute atomic E-state index is 12.3. The molecule has 178 valence electrons. The highest BCUT2D eigenvalue weighted by Crippen LogP contribution is 2.40. The van der Waals surface area contributed by atoms with E-state index in [9.17, 15) is 9.59 Å². The fourth-order valence-electron chi connectivity index (χ4n) is 4.46. The first-order valence-electron chi connectivity index (χ1n) is 12.3. The first kappa shape index (κ1) is 24.7. The molecule has 1 aliphatic heterocycles. The van der Waals surface area contributed by atoms with Crippen molar-refractivity contribution in [3.8, 4) is 0 Å². The van der Waals surface area contributed by atoms with E-state index >= 15 is 0 Å². The van der Waals surface area contributed by atoms with E-state index in [0.717, 1.165) is 81.5 Å². The third kappa shape index (κ3) is 7.31. The first-order chi connectivity index (χ1) is 15.6. The van der Waals surface area contributed by atoms with Gasteiger partial charge in [0.25, 0.3) is 0 Å². The summed E-state index contributed by atoms with van der Waals surface area (Å²) < 4.78 is 22.9. The molecule has 2 aliphatic rings. The van der Waals surface area contributed by atoms with Gasteiger partial charge in [-0.1, -0.05) is 25.8 Å². The standard InChI is InChI=1S/C26H38O6/c1-3-4-5-10-19(27)14-15-21-22-17-20(11-6-7-12-25(28)29-2)31-24(22)18-23(21)32-26-13-8-9-16-30-26/h14-15,17,21,23,26H,3-13,16,18H2,1-2H3/b15-14+/t21-,23-,26?/m1/s1. The number of allylic oxidation sites excluding steroid dienone is 1. The van der Waals surface area contributed by atoms with Crippen molar-refractivity contribution < 1.29 is 28.2 Å². The van der Waals surface area contributed by atoms with Crippen LogP contribution in [-0.4, -0.2) is 37.9 Å². The highest BCUT2D eigenvalue weighted by atomic mass is 16.7. The SMILES string of the molecule is CCCCCC(=O)/C=C/[C@@H]1c2cc(CCCCC(=O)OC)oc2C[C@H]1OC1CCCCO1. The zero-order chi connectivity index (χ0) is 22.8. The summed E-state index contributed by atoms with van der Waals surface area (Å²) in [4.78, 5) is 23.6. The van der Waals surface area contributed by atoms with Gasteiger partial charge in [-0.3, -0.25) is 9.59 Å². The molecule has 1 aromatic heterocycles. The molecule has 1 aliphatic carbocycles. The number of fused-ring (bicyclic) bond motifs is 1. The van der Waals surface area contributed by atoms with E-state index < -0.39 is 0 Å². The van der Waals surface area contributed by atoms with Gasteiger partial charge in [0.1, 0.15) is 11.5 Å². The monoisotopic (exact) mass is 446 g/mol. The lowest BCUT2D eigenvalue weighted by atomic mass is 9.98. The molecule has 1 saturated heterocycles. The molecule has 0 aromatic carbocycles. The van der Waals surface area contributed by atoms with Gasteiger partial charge in [-0.15, -0.1) is 0 Å². The van der Waals surface area contributed by atoms with Gasteiger partial charge in [0.2, 0.25) is 0 Å². The van der Waals surface area contributed by atoms with E-state index in [-0.39, 0.29) is 30.1 Å². The molecule has 0 amide bonds. The van der Waals surface area contributed by atoms with Crippen molar-refractivity contribution in [3.05, 3.63) is 35.3 Å². The summed E-state index contributed by atoms with van der Waals surface area (Å²) in [6, 6.07) is 2.11. The summed E-state index contributed by atoms with van der Waals surface area (Å²) in [6.07, 6.45) is 13.9. The Hall–Kier alpha value is -1.92. The van der Waals surface area contributed by atoms with Gasteiger partial charge >= 0.3 is 5.97 Å². The number of ketones is 1. The van der Waals surface area contributed by atoms with Crippen LogP contribution in [0.5, 0.6) is 0 Å². The zero-order valence-electron chi connectivity index (χ0n) is 19.6. The fourth-order valence-corrected chi connectivity index (χ4v) is 4.46. The van der Waals surface area contributed by atoms with Crippen LogP contribution < -0.4 is 0 Å². The van der Waals surface area contributed by atoms with E-state index in [2.05, 4.69) is 13.0 Å². The molecule has 0 radical (unpaired) electrons. The minimum atomic E-state index is -0.175. The maximum Gasteiger partial charge on any atom is 0.305 e. The van der Waals surface area contributed by atoms with Gasteiger partial charge < -0.3 is 18.6 Å². The van der Waals surface area contributed by atoms with Crippen molar-refractivity contribution in [3.63, 3.8) is 0 Å². The Labute approximate surface area is 191 Å². The summed E-state index contributed by atoms with van der Waals surface area (Å²) in [6.45, 7) is 2.88. The number of furan rings is 1. The maximum atomic E-state index is 12.3. The third-order valence-corrected chi connectivity index (χ3v) is 6.30. The summed E-state index contributed by atoms with van der Waals surface area (Å²) in [5.41, 5.74) is 1.12. The van der Waals surface area contributed by atoms with Gasteiger partial charge in [-0.05, 0) is 50.7 Å². The van der Waals surface area contributed by atoms with Crippen LogP contribution in [-0.2, 0) is 36.6 Å². The molecule has 3 atom stereocenters. The molecule has 6 heteroatoms. The molecule has 2 heterocycles. The molecule has 1 aromatic rings. The van der Waals surface area contributed by atoms with Gasteiger partial charge in [-0.25, -0.2) is 0 Å². The van der Waals surface area contributed by atoms with Gasteiger partial charge in [0, 0.05) is 43.8 Å². The van der Waals surface area contributed by atoms with Crippen LogP contribution in [0.25, 0.3) is 0 Å². The lowest BCUT2D eigenvalue weighted by molar-refractivity contribution is -0.188. The molecular weight excluding hydrogens is 408 g/mol. The molecule has 32 heavy (non-hydrogen) atoms. The first-order valence-corrected chi connectivity index (χ1v) is 12.3. The Kier molecular flexibility index (Phi) is 10.0. The predicted molar refractivity (Wildman–Crippen MR) is 121 cm³/mol. The zero-order valence-corrected chi connectivity index (χ0v) is 19.6. The Balaban J connectivity index is 1.62. The highest BCUT2D eigenvalue weighted by molar-refractivity contribution is 5.89. The Morgan fingerprint density at radius 2 is 2.00 bits per heavy atom. The Bertz CT molecular complexity index is 758. The van der Waals surface area contributed by atoms with Crippen molar-refractivity contribution in [1.82, 2.24) is 0 Å². The number of ether oxygens (including phenoxy) is 3. The van der Waals surface area contributed by atoms with Crippen LogP contribution in [0.1, 0.15) is 94.1 Å². The van der Waals surface area contributed by atoms with Crippen LogP contribution in [0.4, 0.5) is 0 Å². The molecule has 1 unspecified atom stereocenters.